The zero-order valence-corrected chi connectivity index (χ0v) is 18.7. The average molecular weight is 431 g/mol. The van der Waals surface area contributed by atoms with Crippen LogP contribution >= 0.6 is 11.3 Å². The predicted molar refractivity (Wildman–Crippen MR) is 118 cm³/mol. The first-order valence-electron chi connectivity index (χ1n) is 10.5. The number of benzene rings is 1. The lowest BCUT2D eigenvalue weighted by Gasteiger charge is -2.37. The number of hydrogen-bond donors (Lipinski definition) is 0. The zero-order valence-electron chi connectivity index (χ0n) is 17.9. The Labute approximate surface area is 182 Å². The number of fused-ring (bicyclic) bond motifs is 1. The minimum absolute atomic E-state index is 0.0141. The number of ether oxygens (including phenoxy) is 2. The highest BCUT2D eigenvalue weighted by Crippen LogP contribution is 2.35. The minimum atomic E-state index is -0.183. The van der Waals surface area contributed by atoms with Crippen molar-refractivity contribution < 1.29 is 19.1 Å². The molecule has 0 fully saturated rings. The van der Waals surface area contributed by atoms with Crippen molar-refractivity contribution in [2.75, 3.05) is 33.4 Å². The number of hydrogen-bond acceptors (Lipinski definition) is 5. The Balaban J connectivity index is 1.78. The molecule has 162 valence electrons. The van der Waals surface area contributed by atoms with Crippen LogP contribution in [0.1, 0.15) is 43.2 Å². The number of para-hydroxylation sites is 2. The first-order valence-corrected chi connectivity index (χ1v) is 11.4. The Morgan fingerprint density at radius 3 is 2.67 bits per heavy atom. The van der Waals surface area contributed by atoms with Gasteiger partial charge in [-0.15, -0.1) is 11.3 Å². The van der Waals surface area contributed by atoms with Crippen LogP contribution in [0.25, 0.3) is 0 Å². The van der Waals surface area contributed by atoms with Crippen LogP contribution in [0.5, 0.6) is 11.5 Å². The van der Waals surface area contributed by atoms with Gasteiger partial charge in [0.1, 0.15) is 6.61 Å². The fraction of sp³-hybridized carbons (Fsp3) is 0.478. The number of carbonyl (C=O) groups is 2. The van der Waals surface area contributed by atoms with Gasteiger partial charge in [-0.1, -0.05) is 26.0 Å². The Hall–Kier alpha value is -2.54. The number of rotatable bonds is 9. The van der Waals surface area contributed by atoms with E-state index < -0.39 is 0 Å². The van der Waals surface area contributed by atoms with Gasteiger partial charge >= 0.3 is 0 Å². The molecule has 1 aromatic heterocycles. The van der Waals surface area contributed by atoms with Crippen LogP contribution < -0.4 is 9.47 Å². The van der Waals surface area contributed by atoms with E-state index in [1.165, 1.54) is 4.88 Å². The van der Waals surface area contributed by atoms with E-state index in [2.05, 4.69) is 11.4 Å². The fourth-order valence-corrected chi connectivity index (χ4v) is 4.75. The largest absolute Gasteiger partial charge is 0.493 e. The van der Waals surface area contributed by atoms with Crippen molar-refractivity contribution >= 4 is 23.2 Å². The molecule has 1 aliphatic heterocycles. The molecular formula is C23H30N2O4S. The number of nitrogens with zero attached hydrogens (tertiary/aromatic N) is 2. The number of thiophene rings is 1. The van der Waals surface area contributed by atoms with Gasteiger partial charge < -0.3 is 19.3 Å². The minimum Gasteiger partial charge on any atom is -0.493 e. The van der Waals surface area contributed by atoms with E-state index in [4.69, 9.17) is 9.47 Å². The summed E-state index contributed by atoms with van der Waals surface area (Å²) in [6.07, 6.45) is 2.07. The fourth-order valence-electron chi connectivity index (χ4n) is 3.82. The molecule has 0 N–H and O–H groups in total. The quantitative estimate of drug-likeness (QED) is 0.605. The smallest absolute Gasteiger partial charge is 0.242 e. The lowest BCUT2D eigenvalue weighted by Crippen LogP contribution is -2.47. The van der Waals surface area contributed by atoms with Gasteiger partial charge in [0, 0.05) is 24.4 Å². The molecule has 1 atom stereocenters. The van der Waals surface area contributed by atoms with Crippen LogP contribution in [0.3, 0.4) is 0 Å². The molecule has 0 spiro atoms. The van der Waals surface area contributed by atoms with Crippen molar-refractivity contribution in [1.82, 2.24) is 9.80 Å². The molecule has 7 heteroatoms. The molecule has 2 aromatic rings. The second-order valence-corrected chi connectivity index (χ2v) is 8.28. The molecule has 6 nitrogen and oxygen atoms in total. The second-order valence-electron chi connectivity index (χ2n) is 7.28. The molecule has 0 bridgehead atoms. The highest BCUT2D eigenvalue weighted by atomic mass is 32.1. The Morgan fingerprint density at radius 1 is 1.20 bits per heavy atom. The van der Waals surface area contributed by atoms with E-state index >= 15 is 0 Å². The van der Waals surface area contributed by atoms with Crippen LogP contribution in [0.2, 0.25) is 0 Å². The summed E-state index contributed by atoms with van der Waals surface area (Å²) in [5.41, 5.74) is 1.14. The first kappa shape index (κ1) is 22.2. The Bertz CT molecular complexity index is 866. The van der Waals surface area contributed by atoms with Gasteiger partial charge in [0.15, 0.2) is 11.5 Å². The molecule has 0 saturated heterocycles. The molecule has 0 radical (unpaired) electrons. The van der Waals surface area contributed by atoms with Crippen LogP contribution in [0.4, 0.5) is 0 Å². The lowest BCUT2D eigenvalue weighted by atomic mass is 10.0. The third-order valence-corrected chi connectivity index (χ3v) is 6.35. The van der Waals surface area contributed by atoms with Crippen molar-refractivity contribution in [2.24, 2.45) is 0 Å². The van der Waals surface area contributed by atoms with E-state index in [1.807, 2.05) is 43.0 Å². The highest BCUT2D eigenvalue weighted by molar-refractivity contribution is 7.10. The van der Waals surface area contributed by atoms with Crippen LogP contribution in [-0.2, 0) is 16.0 Å². The Kier molecular flexibility index (Phi) is 7.74. The van der Waals surface area contributed by atoms with E-state index in [1.54, 1.807) is 23.3 Å². The molecule has 0 saturated carbocycles. The van der Waals surface area contributed by atoms with Crippen molar-refractivity contribution in [3.05, 3.63) is 46.2 Å². The SMILES string of the molecule is CCCN(CC(=O)N1CCc2sccc2C1COc1ccccc1OC)C(=O)CC. The molecule has 2 amide bonds. The molecule has 1 aliphatic rings. The molecule has 2 heterocycles. The van der Waals surface area contributed by atoms with Gasteiger partial charge in [-0.3, -0.25) is 9.59 Å². The van der Waals surface area contributed by atoms with Crippen molar-refractivity contribution in [3.63, 3.8) is 0 Å². The number of amides is 2. The normalized spacial score (nSPS) is 15.4. The van der Waals surface area contributed by atoms with Gasteiger partial charge in [0.2, 0.25) is 11.8 Å². The standard InChI is InChI=1S/C23H30N2O4S/c1-4-12-24(22(26)5-2)15-23(27)25-13-10-21-17(11-14-30-21)18(25)16-29-20-9-7-6-8-19(20)28-3/h6-9,11,14,18H,4-5,10,12-13,15-16H2,1-3H3. The third-order valence-electron chi connectivity index (χ3n) is 5.36. The summed E-state index contributed by atoms with van der Waals surface area (Å²) in [6.45, 7) is 5.53. The van der Waals surface area contributed by atoms with Crippen LogP contribution in [0, 0.1) is 0 Å². The maximum absolute atomic E-state index is 13.2. The third kappa shape index (κ3) is 4.95. The van der Waals surface area contributed by atoms with Crippen molar-refractivity contribution in [3.8, 4) is 11.5 Å². The first-order chi connectivity index (χ1) is 14.6. The van der Waals surface area contributed by atoms with Gasteiger partial charge in [0.05, 0.1) is 19.7 Å². The summed E-state index contributed by atoms with van der Waals surface area (Å²) >= 11 is 1.72. The lowest BCUT2D eigenvalue weighted by molar-refractivity contribution is -0.142. The number of carbonyl (C=O) groups excluding carboxylic acids is 2. The highest BCUT2D eigenvalue weighted by Gasteiger charge is 2.33. The van der Waals surface area contributed by atoms with E-state index in [0.29, 0.717) is 37.6 Å². The van der Waals surface area contributed by atoms with Crippen molar-refractivity contribution in [1.29, 1.82) is 0 Å². The van der Waals surface area contributed by atoms with Gasteiger partial charge in [-0.05, 0) is 42.0 Å². The molecule has 1 unspecified atom stereocenters. The average Bonchev–Trinajstić information content (AvgIpc) is 3.25. The van der Waals surface area contributed by atoms with Crippen LogP contribution in [0.15, 0.2) is 35.7 Å². The van der Waals surface area contributed by atoms with Gasteiger partial charge in [-0.25, -0.2) is 0 Å². The second kappa shape index (κ2) is 10.5. The monoisotopic (exact) mass is 430 g/mol. The van der Waals surface area contributed by atoms with E-state index in [9.17, 15) is 9.59 Å². The Morgan fingerprint density at radius 2 is 1.97 bits per heavy atom. The predicted octanol–water partition coefficient (Wildman–Crippen LogP) is 3.91. The summed E-state index contributed by atoms with van der Waals surface area (Å²) in [5, 5.41) is 2.07. The molecule has 30 heavy (non-hydrogen) atoms. The topological polar surface area (TPSA) is 59.1 Å². The summed E-state index contributed by atoms with van der Waals surface area (Å²) in [6, 6.07) is 9.41. The maximum Gasteiger partial charge on any atom is 0.242 e. The molecule has 3 rings (SSSR count). The number of methoxy groups -OCH3 is 1. The van der Waals surface area contributed by atoms with Crippen molar-refractivity contribution in [2.45, 2.75) is 39.2 Å². The van der Waals surface area contributed by atoms with E-state index in [0.717, 1.165) is 18.4 Å². The van der Waals surface area contributed by atoms with Crippen LogP contribution in [-0.4, -0.2) is 55.0 Å². The zero-order chi connectivity index (χ0) is 21.5. The molecule has 1 aromatic carbocycles. The van der Waals surface area contributed by atoms with Gasteiger partial charge in [0.25, 0.3) is 0 Å². The molecule has 0 aliphatic carbocycles. The summed E-state index contributed by atoms with van der Waals surface area (Å²) in [5.74, 6) is 1.30. The van der Waals surface area contributed by atoms with E-state index in [-0.39, 0.29) is 24.4 Å². The summed E-state index contributed by atoms with van der Waals surface area (Å²) in [7, 11) is 1.61. The summed E-state index contributed by atoms with van der Waals surface area (Å²) < 4.78 is 11.5. The van der Waals surface area contributed by atoms with Gasteiger partial charge in [-0.2, -0.15) is 0 Å². The summed E-state index contributed by atoms with van der Waals surface area (Å²) in [4.78, 5) is 30.3. The maximum atomic E-state index is 13.2. The molecular weight excluding hydrogens is 400 g/mol.